The monoisotopic (exact) mass is 226 g/mol. The first-order valence-corrected chi connectivity index (χ1v) is 5.72. The topological polar surface area (TPSA) is 20.9 Å². The zero-order valence-corrected chi connectivity index (χ0v) is 10.2. The first-order valence-electron chi connectivity index (χ1n) is 5.72. The number of rotatable bonds is 3. The minimum Gasteiger partial charge on any atom is -0.287 e. The van der Waals surface area contributed by atoms with E-state index in [4.69, 9.17) is 0 Å². The largest absolute Gasteiger partial charge is 0.287 e. The predicted molar refractivity (Wildman–Crippen MR) is 66.9 cm³/mol. The van der Waals surface area contributed by atoms with Crippen LogP contribution in [0, 0.1) is 13.8 Å². The number of carbonyl (C=O) groups excluding carboxylic acids is 1. The highest BCUT2D eigenvalue weighted by atomic mass is 16.1. The Morgan fingerprint density at radius 3 is 2.47 bits per heavy atom. The maximum absolute atomic E-state index is 12.2. The van der Waals surface area contributed by atoms with Gasteiger partial charge in [-0.25, -0.2) is 0 Å². The predicted octanol–water partition coefficient (Wildman–Crippen LogP) is 2.47. The molecule has 2 nitrogen and oxygen atoms in total. The number of ketones is 1. The van der Waals surface area contributed by atoms with E-state index in [1.807, 2.05) is 67.1 Å². The van der Waals surface area contributed by atoms with Crippen LogP contribution in [0.15, 0.2) is 48.7 Å². The maximum Gasteiger partial charge on any atom is 0.227 e. The van der Waals surface area contributed by atoms with Gasteiger partial charge in [-0.2, -0.15) is 4.57 Å². The van der Waals surface area contributed by atoms with Crippen LogP contribution >= 0.6 is 0 Å². The molecule has 2 aromatic rings. The Kier molecular flexibility index (Phi) is 3.33. The number of aromatic nitrogens is 1. The lowest BCUT2D eigenvalue weighted by atomic mass is 10.0. The second-order valence-electron chi connectivity index (χ2n) is 4.21. The fraction of sp³-hybridized carbons (Fsp3) is 0.200. The number of Topliss-reactive ketones (excluding diaryl/α,β-unsaturated/α-hetero) is 1. The summed E-state index contributed by atoms with van der Waals surface area (Å²) in [5.41, 5.74) is 2.93. The number of carbonyl (C=O) groups is 1. The molecule has 0 bridgehead atoms. The molecule has 0 aliphatic heterocycles. The third kappa shape index (κ3) is 2.59. The van der Waals surface area contributed by atoms with Gasteiger partial charge in [0.2, 0.25) is 12.3 Å². The Morgan fingerprint density at radius 2 is 1.76 bits per heavy atom. The molecule has 0 saturated carbocycles. The molecule has 2 rings (SSSR count). The molecule has 86 valence electrons. The second kappa shape index (κ2) is 4.91. The van der Waals surface area contributed by atoms with E-state index in [-0.39, 0.29) is 5.78 Å². The van der Waals surface area contributed by atoms with Crippen molar-refractivity contribution in [3.8, 4) is 0 Å². The first-order chi connectivity index (χ1) is 8.18. The second-order valence-corrected chi connectivity index (χ2v) is 4.21. The third-order valence-electron chi connectivity index (χ3n) is 2.93. The summed E-state index contributed by atoms with van der Waals surface area (Å²) in [6.45, 7) is 4.37. The van der Waals surface area contributed by atoms with Crippen LogP contribution in [-0.2, 0) is 6.54 Å². The van der Waals surface area contributed by atoms with Crippen molar-refractivity contribution in [3.05, 3.63) is 65.5 Å². The molecule has 1 aromatic heterocycles. The van der Waals surface area contributed by atoms with E-state index in [0.717, 1.165) is 16.8 Å². The summed E-state index contributed by atoms with van der Waals surface area (Å²) in [6.07, 6.45) is 1.94. The van der Waals surface area contributed by atoms with Gasteiger partial charge in [-0.3, -0.25) is 4.79 Å². The lowest BCUT2D eigenvalue weighted by Gasteiger charge is -2.03. The summed E-state index contributed by atoms with van der Waals surface area (Å²) in [7, 11) is 0. The number of hydrogen-bond donors (Lipinski definition) is 0. The molecule has 0 unspecified atom stereocenters. The Balaban J connectivity index is 2.24. The summed E-state index contributed by atoms with van der Waals surface area (Å²) < 4.78 is 1.97. The van der Waals surface area contributed by atoms with Gasteiger partial charge in [-0.1, -0.05) is 30.3 Å². The van der Waals surface area contributed by atoms with Crippen molar-refractivity contribution in [1.82, 2.24) is 0 Å². The van der Waals surface area contributed by atoms with E-state index in [9.17, 15) is 4.79 Å². The van der Waals surface area contributed by atoms with Gasteiger partial charge >= 0.3 is 0 Å². The fourth-order valence-electron chi connectivity index (χ4n) is 1.86. The number of aryl methyl sites for hydroxylation is 2. The molecule has 0 aliphatic rings. The van der Waals surface area contributed by atoms with Crippen molar-refractivity contribution in [1.29, 1.82) is 0 Å². The highest BCUT2D eigenvalue weighted by Gasteiger charge is 2.15. The van der Waals surface area contributed by atoms with Crippen LogP contribution in [0.5, 0.6) is 0 Å². The Labute approximate surface area is 102 Å². The van der Waals surface area contributed by atoms with Gasteiger partial charge in [0.15, 0.2) is 11.9 Å². The molecule has 1 aromatic carbocycles. The lowest BCUT2D eigenvalue weighted by molar-refractivity contribution is -0.689. The van der Waals surface area contributed by atoms with Gasteiger partial charge in [0.1, 0.15) is 0 Å². The van der Waals surface area contributed by atoms with E-state index in [1.54, 1.807) is 0 Å². The summed E-state index contributed by atoms with van der Waals surface area (Å²) in [6, 6.07) is 13.6. The average molecular weight is 226 g/mol. The maximum atomic E-state index is 12.2. The Hall–Kier alpha value is -1.96. The molecule has 0 radical (unpaired) electrons. The van der Waals surface area contributed by atoms with Gasteiger partial charge in [-0.05, 0) is 12.5 Å². The quantitative estimate of drug-likeness (QED) is 0.582. The van der Waals surface area contributed by atoms with Gasteiger partial charge in [0.05, 0.1) is 0 Å². The standard InChI is InChI=1S/C15H16NO/c1-12-7-3-4-9-14(12)15(17)11-16-10-6-5-8-13(16)2/h3-10H,11H2,1-2H3/q+1. The van der Waals surface area contributed by atoms with Crippen molar-refractivity contribution in [2.24, 2.45) is 0 Å². The van der Waals surface area contributed by atoms with Crippen molar-refractivity contribution in [2.45, 2.75) is 20.4 Å². The van der Waals surface area contributed by atoms with E-state index >= 15 is 0 Å². The minimum absolute atomic E-state index is 0.155. The van der Waals surface area contributed by atoms with Crippen molar-refractivity contribution >= 4 is 5.78 Å². The van der Waals surface area contributed by atoms with Gasteiger partial charge < -0.3 is 0 Å². The van der Waals surface area contributed by atoms with Crippen LogP contribution in [0.2, 0.25) is 0 Å². The molecule has 0 N–H and O–H groups in total. The van der Waals surface area contributed by atoms with E-state index in [0.29, 0.717) is 6.54 Å². The minimum atomic E-state index is 0.155. The Morgan fingerprint density at radius 1 is 1.06 bits per heavy atom. The summed E-state index contributed by atoms with van der Waals surface area (Å²) >= 11 is 0. The van der Waals surface area contributed by atoms with E-state index < -0.39 is 0 Å². The van der Waals surface area contributed by atoms with Crippen molar-refractivity contribution in [2.75, 3.05) is 0 Å². The number of pyridine rings is 1. The molecule has 1 heterocycles. The fourth-order valence-corrected chi connectivity index (χ4v) is 1.86. The highest BCUT2D eigenvalue weighted by molar-refractivity contribution is 5.96. The van der Waals surface area contributed by atoms with Crippen LogP contribution in [0.3, 0.4) is 0 Å². The average Bonchev–Trinajstić information content (AvgIpc) is 2.32. The van der Waals surface area contributed by atoms with Gasteiger partial charge in [0.25, 0.3) is 0 Å². The smallest absolute Gasteiger partial charge is 0.227 e. The van der Waals surface area contributed by atoms with E-state index in [1.165, 1.54) is 0 Å². The summed E-state index contributed by atoms with van der Waals surface area (Å²) in [4.78, 5) is 12.2. The molecule has 0 aliphatic carbocycles. The van der Waals surface area contributed by atoms with Crippen LogP contribution < -0.4 is 4.57 Å². The molecule has 0 fully saturated rings. The highest BCUT2D eigenvalue weighted by Crippen LogP contribution is 2.07. The number of nitrogens with zero attached hydrogens (tertiary/aromatic N) is 1. The van der Waals surface area contributed by atoms with Crippen LogP contribution in [0.4, 0.5) is 0 Å². The van der Waals surface area contributed by atoms with Crippen LogP contribution in [0.1, 0.15) is 21.6 Å². The first kappa shape index (κ1) is 11.5. The summed E-state index contributed by atoms with van der Waals surface area (Å²) in [5.74, 6) is 0.155. The molecule has 0 spiro atoms. The number of benzene rings is 1. The van der Waals surface area contributed by atoms with Gasteiger partial charge in [0, 0.05) is 24.6 Å². The molecular formula is C15H16NO+. The van der Waals surface area contributed by atoms with Gasteiger partial charge in [-0.15, -0.1) is 0 Å². The molecule has 0 atom stereocenters. The van der Waals surface area contributed by atoms with Crippen molar-refractivity contribution < 1.29 is 9.36 Å². The molecule has 0 amide bonds. The van der Waals surface area contributed by atoms with Crippen LogP contribution in [-0.4, -0.2) is 5.78 Å². The lowest BCUT2D eigenvalue weighted by Crippen LogP contribution is -2.40. The summed E-state index contributed by atoms with van der Waals surface area (Å²) in [5, 5.41) is 0. The third-order valence-corrected chi connectivity index (χ3v) is 2.93. The molecule has 2 heteroatoms. The molecular weight excluding hydrogens is 210 g/mol. The number of hydrogen-bond acceptors (Lipinski definition) is 1. The normalized spacial score (nSPS) is 10.2. The van der Waals surface area contributed by atoms with Crippen LogP contribution in [0.25, 0.3) is 0 Å². The molecule has 17 heavy (non-hydrogen) atoms. The zero-order valence-electron chi connectivity index (χ0n) is 10.2. The SMILES string of the molecule is Cc1ccccc1C(=O)C[n+]1ccccc1C. The van der Waals surface area contributed by atoms with Crippen molar-refractivity contribution in [3.63, 3.8) is 0 Å². The molecule has 0 saturated heterocycles. The Bertz CT molecular complexity index is 546. The van der Waals surface area contributed by atoms with E-state index in [2.05, 4.69) is 0 Å². The zero-order chi connectivity index (χ0) is 12.3.